The van der Waals surface area contributed by atoms with Crippen LogP contribution >= 0.6 is 11.3 Å². The fourth-order valence-corrected chi connectivity index (χ4v) is 1.04. The summed E-state index contributed by atoms with van der Waals surface area (Å²) in [7, 11) is 0. The third-order valence-corrected chi connectivity index (χ3v) is 1.71. The zero-order chi connectivity index (χ0) is 9.40. The van der Waals surface area contributed by atoms with Crippen molar-refractivity contribution in [3.05, 3.63) is 16.8 Å². The Hall–Kier alpha value is -1.03. The van der Waals surface area contributed by atoms with Crippen LogP contribution in [0.2, 0.25) is 0 Å². The molecule has 0 unspecified atom stereocenters. The van der Waals surface area contributed by atoms with Crippen LogP contribution in [0.5, 0.6) is 0 Å². The third-order valence-electron chi connectivity index (χ3n) is 1.01. The molecular formula is C8H13NO2S. The van der Waals surface area contributed by atoms with Crippen molar-refractivity contribution < 1.29 is 9.90 Å². The number of anilines is 1. The lowest BCUT2D eigenvalue weighted by Gasteiger charge is -1.79. The highest BCUT2D eigenvalue weighted by Crippen LogP contribution is 2.05. The number of carboxylic acid groups (broad SMARTS) is 1. The van der Waals surface area contributed by atoms with Crippen molar-refractivity contribution in [2.75, 3.05) is 5.73 Å². The molecule has 0 aliphatic heterocycles. The van der Waals surface area contributed by atoms with E-state index in [1.165, 1.54) is 0 Å². The Morgan fingerprint density at radius 2 is 2.42 bits per heavy atom. The molecule has 68 valence electrons. The molecule has 0 radical (unpaired) electrons. The predicted octanol–water partition coefficient (Wildman–Crippen LogP) is 2.20. The molecule has 0 aliphatic carbocycles. The predicted molar refractivity (Wildman–Crippen MR) is 51.3 cm³/mol. The Morgan fingerprint density at radius 1 is 1.75 bits per heavy atom. The highest BCUT2D eigenvalue weighted by atomic mass is 32.1. The van der Waals surface area contributed by atoms with Crippen LogP contribution in [0, 0.1) is 0 Å². The van der Waals surface area contributed by atoms with Crippen LogP contribution in [-0.2, 0) is 4.79 Å². The lowest BCUT2D eigenvalue weighted by atomic mass is 10.4. The molecule has 0 aromatic carbocycles. The number of carbonyl (C=O) groups is 1. The zero-order valence-electron chi connectivity index (χ0n) is 6.99. The quantitative estimate of drug-likeness (QED) is 0.746. The van der Waals surface area contributed by atoms with Crippen molar-refractivity contribution in [1.82, 2.24) is 0 Å². The van der Waals surface area contributed by atoms with E-state index in [9.17, 15) is 4.79 Å². The number of hydrogen-bond donors (Lipinski definition) is 2. The minimum Gasteiger partial charge on any atom is -0.481 e. The summed E-state index contributed by atoms with van der Waals surface area (Å²) in [6.45, 7) is 1.84. The summed E-state index contributed by atoms with van der Waals surface area (Å²) in [6, 6.07) is 1.88. The Balaban J connectivity index is 0.000000202. The summed E-state index contributed by atoms with van der Waals surface area (Å²) >= 11 is 1.61. The van der Waals surface area contributed by atoms with E-state index in [2.05, 4.69) is 0 Å². The van der Waals surface area contributed by atoms with Crippen molar-refractivity contribution in [2.45, 2.75) is 19.8 Å². The standard InChI is InChI=1S/C4H5NS.C4H8O2/c5-4-1-2-6-3-4;1-2-3-4(5)6/h1-3H,5H2;2-3H2,1H3,(H,5,6). The molecule has 1 aromatic rings. The van der Waals surface area contributed by atoms with Crippen molar-refractivity contribution in [3.8, 4) is 0 Å². The van der Waals surface area contributed by atoms with Gasteiger partial charge in [0, 0.05) is 17.5 Å². The van der Waals surface area contributed by atoms with Gasteiger partial charge >= 0.3 is 5.97 Å². The molecule has 3 N–H and O–H groups in total. The summed E-state index contributed by atoms with van der Waals surface area (Å²) in [6.07, 6.45) is 1.02. The van der Waals surface area contributed by atoms with Crippen LogP contribution in [-0.4, -0.2) is 11.1 Å². The lowest BCUT2D eigenvalue weighted by Crippen LogP contribution is -1.90. The van der Waals surface area contributed by atoms with Gasteiger partial charge in [0.1, 0.15) is 0 Å². The van der Waals surface area contributed by atoms with E-state index < -0.39 is 5.97 Å². The van der Waals surface area contributed by atoms with Crippen LogP contribution in [0.25, 0.3) is 0 Å². The maximum absolute atomic E-state index is 9.60. The van der Waals surface area contributed by atoms with Gasteiger partial charge in [-0.1, -0.05) is 6.92 Å². The molecule has 0 amide bonds. The van der Waals surface area contributed by atoms with Gasteiger partial charge in [-0.05, 0) is 17.9 Å². The summed E-state index contributed by atoms with van der Waals surface area (Å²) in [4.78, 5) is 9.60. The normalized spacial score (nSPS) is 8.42. The van der Waals surface area contributed by atoms with Crippen LogP contribution in [0.4, 0.5) is 5.69 Å². The number of aliphatic carboxylic acids is 1. The molecule has 1 aromatic heterocycles. The molecule has 0 aliphatic rings. The second-order valence-electron chi connectivity index (χ2n) is 2.20. The molecule has 12 heavy (non-hydrogen) atoms. The summed E-state index contributed by atoms with van der Waals surface area (Å²) in [5.74, 6) is -0.711. The number of carboxylic acids is 1. The second-order valence-corrected chi connectivity index (χ2v) is 2.98. The molecule has 0 bridgehead atoms. The van der Waals surface area contributed by atoms with Crippen LogP contribution < -0.4 is 5.73 Å². The van der Waals surface area contributed by atoms with Crippen LogP contribution in [0.3, 0.4) is 0 Å². The molecule has 0 atom stereocenters. The fourth-order valence-electron chi connectivity index (χ4n) is 0.489. The van der Waals surface area contributed by atoms with E-state index in [1.54, 1.807) is 11.3 Å². The summed E-state index contributed by atoms with van der Waals surface area (Å²) in [5.41, 5.74) is 6.15. The average molecular weight is 187 g/mol. The Morgan fingerprint density at radius 3 is 2.50 bits per heavy atom. The van der Waals surface area contributed by atoms with Crippen molar-refractivity contribution >= 4 is 23.0 Å². The largest absolute Gasteiger partial charge is 0.481 e. The van der Waals surface area contributed by atoms with Crippen LogP contribution in [0.15, 0.2) is 16.8 Å². The molecule has 0 saturated carbocycles. The maximum Gasteiger partial charge on any atom is 0.303 e. The molecule has 4 heteroatoms. The molecule has 3 nitrogen and oxygen atoms in total. The van der Waals surface area contributed by atoms with Gasteiger partial charge in [0.15, 0.2) is 0 Å². The first-order valence-corrected chi connectivity index (χ1v) is 4.60. The van der Waals surface area contributed by atoms with Gasteiger partial charge in [0.25, 0.3) is 0 Å². The first-order chi connectivity index (χ1) is 5.66. The number of thiophene rings is 1. The molecule has 0 fully saturated rings. The van der Waals surface area contributed by atoms with Gasteiger partial charge < -0.3 is 10.8 Å². The third kappa shape index (κ3) is 7.08. The highest BCUT2D eigenvalue weighted by Gasteiger charge is 1.87. The van der Waals surface area contributed by atoms with E-state index in [-0.39, 0.29) is 0 Å². The van der Waals surface area contributed by atoms with E-state index in [1.807, 2.05) is 23.8 Å². The van der Waals surface area contributed by atoms with Crippen molar-refractivity contribution in [1.29, 1.82) is 0 Å². The molecular weight excluding hydrogens is 174 g/mol. The number of nitrogens with two attached hydrogens (primary N) is 1. The average Bonchev–Trinajstić information content (AvgIpc) is 2.40. The number of nitrogen functional groups attached to an aromatic ring is 1. The van der Waals surface area contributed by atoms with Crippen molar-refractivity contribution in [2.24, 2.45) is 0 Å². The maximum atomic E-state index is 9.60. The Bertz CT molecular complexity index is 209. The lowest BCUT2D eigenvalue weighted by molar-refractivity contribution is -0.137. The summed E-state index contributed by atoms with van der Waals surface area (Å²) < 4.78 is 0. The monoisotopic (exact) mass is 187 g/mol. The highest BCUT2D eigenvalue weighted by molar-refractivity contribution is 7.08. The van der Waals surface area contributed by atoms with E-state index in [4.69, 9.17) is 10.8 Å². The minimum absolute atomic E-state index is 0.292. The summed E-state index contributed by atoms with van der Waals surface area (Å²) in [5, 5.41) is 11.8. The van der Waals surface area contributed by atoms with Gasteiger partial charge in [-0.2, -0.15) is 11.3 Å². The number of rotatable bonds is 2. The van der Waals surface area contributed by atoms with Gasteiger partial charge in [-0.15, -0.1) is 0 Å². The molecule has 0 spiro atoms. The fraction of sp³-hybridized carbons (Fsp3) is 0.375. The minimum atomic E-state index is -0.711. The zero-order valence-corrected chi connectivity index (χ0v) is 7.80. The SMILES string of the molecule is CCCC(=O)O.Nc1ccsc1. The Kier molecular flexibility index (Phi) is 6.09. The van der Waals surface area contributed by atoms with Gasteiger partial charge in [0.05, 0.1) is 0 Å². The van der Waals surface area contributed by atoms with Gasteiger partial charge in [-0.25, -0.2) is 0 Å². The first-order valence-electron chi connectivity index (χ1n) is 3.66. The second kappa shape index (κ2) is 6.67. The van der Waals surface area contributed by atoms with E-state index in [0.29, 0.717) is 6.42 Å². The smallest absolute Gasteiger partial charge is 0.303 e. The Labute approximate surface area is 75.8 Å². The van der Waals surface area contributed by atoms with E-state index >= 15 is 0 Å². The molecule has 0 saturated heterocycles. The number of hydrogen-bond acceptors (Lipinski definition) is 3. The molecule has 1 heterocycles. The van der Waals surface area contributed by atoms with Gasteiger partial charge in [-0.3, -0.25) is 4.79 Å². The first kappa shape index (κ1) is 11.0. The molecule has 1 rings (SSSR count). The van der Waals surface area contributed by atoms with Crippen molar-refractivity contribution in [3.63, 3.8) is 0 Å². The van der Waals surface area contributed by atoms with E-state index in [0.717, 1.165) is 12.1 Å². The van der Waals surface area contributed by atoms with Crippen LogP contribution in [0.1, 0.15) is 19.8 Å². The topological polar surface area (TPSA) is 63.3 Å². The van der Waals surface area contributed by atoms with Gasteiger partial charge in [0.2, 0.25) is 0 Å².